The molecule has 1 atom stereocenters. The number of aromatic nitrogens is 2. The zero-order valence-corrected chi connectivity index (χ0v) is 15.3. The van der Waals surface area contributed by atoms with Gasteiger partial charge in [-0.05, 0) is 36.6 Å². The molecule has 0 bridgehead atoms. The van der Waals surface area contributed by atoms with Crippen LogP contribution in [0.15, 0.2) is 30.5 Å². The van der Waals surface area contributed by atoms with Crippen molar-refractivity contribution in [2.24, 2.45) is 11.8 Å². The first kappa shape index (κ1) is 16.6. The number of amides is 1. The second kappa shape index (κ2) is 6.88. The molecule has 3 aliphatic rings. The van der Waals surface area contributed by atoms with Gasteiger partial charge >= 0.3 is 0 Å². The maximum Gasteiger partial charge on any atom is 0.231 e. The molecule has 27 heavy (non-hydrogen) atoms. The van der Waals surface area contributed by atoms with E-state index in [-0.39, 0.29) is 11.8 Å². The molecule has 0 unspecified atom stereocenters. The van der Waals surface area contributed by atoms with Crippen molar-refractivity contribution in [1.82, 2.24) is 20.0 Å². The first-order chi connectivity index (χ1) is 13.2. The van der Waals surface area contributed by atoms with Crippen LogP contribution in [0.4, 0.5) is 0 Å². The second-order valence-corrected chi connectivity index (χ2v) is 7.75. The summed E-state index contributed by atoms with van der Waals surface area (Å²) in [5, 5.41) is 7.61. The zero-order valence-electron chi connectivity index (χ0n) is 15.3. The predicted molar refractivity (Wildman–Crippen MR) is 98.1 cm³/mol. The highest BCUT2D eigenvalue weighted by Crippen LogP contribution is 2.33. The lowest BCUT2D eigenvalue weighted by Gasteiger charge is -2.24. The number of nitrogens with zero attached hydrogens (tertiary/aromatic N) is 3. The third kappa shape index (κ3) is 3.64. The number of hydrogen-bond acceptors (Lipinski definition) is 5. The van der Waals surface area contributed by atoms with E-state index in [4.69, 9.17) is 9.47 Å². The monoisotopic (exact) mass is 368 g/mol. The van der Waals surface area contributed by atoms with E-state index in [1.54, 1.807) is 0 Å². The number of carbonyl (C=O) groups excluding carboxylic acids is 1. The molecule has 1 aromatic heterocycles. The van der Waals surface area contributed by atoms with Gasteiger partial charge in [0.05, 0.1) is 5.69 Å². The standard InChI is InChI=1S/C20H24N4O3/c25-20(16-2-3-16)21-8-15-10-23(12-17-5-6-22-24(17)11-15)9-14-1-4-18-19(7-14)27-13-26-18/h1,4-7,15-16H,2-3,8-13H2,(H,21,25)/t15-/m0/s1. The summed E-state index contributed by atoms with van der Waals surface area (Å²) in [5.74, 6) is 2.43. The van der Waals surface area contributed by atoms with Gasteiger partial charge in [-0.25, -0.2) is 0 Å². The Morgan fingerprint density at radius 2 is 2.07 bits per heavy atom. The molecule has 142 valence electrons. The van der Waals surface area contributed by atoms with Crippen LogP contribution in [0, 0.1) is 11.8 Å². The van der Waals surface area contributed by atoms with Crippen molar-refractivity contribution in [2.75, 3.05) is 19.9 Å². The fourth-order valence-electron chi connectivity index (χ4n) is 3.90. The molecule has 7 heteroatoms. The Morgan fingerprint density at radius 3 is 2.96 bits per heavy atom. The first-order valence-corrected chi connectivity index (χ1v) is 9.64. The minimum Gasteiger partial charge on any atom is -0.454 e. The lowest BCUT2D eigenvalue weighted by Crippen LogP contribution is -2.37. The van der Waals surface area contributed by atoms with Crippen LogP contribution in [0.25, 0.3) is 0 Å². The van der Waals surface area contributed by atoms with Crippen molar-refractivity contribution in [3.63, 3.8) is 0 Å². The molecule has 1 aromatic carbocycles. The van der Waals surface area contributed by atoms with Gasteiger partial charge in [0.25, 0.3) is 0 Å². The molecule has 2 aliphatic heterocycles. The molecule has 2 aromatic rings. The van der Waals surface area contributed by atoms with E-state index >= 15 is 0 Å². The van der Waals surface area contributed by atoms with E-state index in [0.29, 0.717) is 19.3 Å². The number of carbonyl (C=O) groups is 1. The van der Waals surface area contributed by atoms with Gasteiger partial charge in [0.1, 0.15) is 0 Å². The van der Waals surface area contributed by atoms with Gasteiger partial charge in [-0.1, -0.05) is 6.07 Å². The fraction of sp³-hybridized carbons (Fsp3) is 0.500. The van der Waals surface area contributed by atoms with E-state index in [2.05, 4.69) is 38.2 Å². The largest absolute Gasteiger partial charge is 0.454 e. The van der Waals surface area contributed by atoms with Gasteiger partial charge in [0.15, 0.2) is 11.5 Å². The van der Waals surface area contributed by atoms with Gasteiger partial charge in [0.2, 0.25) is 12.7 Å². The van der Waals surface area contributed by atoms with Gasteiger partial charge in [-0.3, -0.25) is 14.4 Å². The van der Waals surface area contributed by atoms with Crippen LogP contribution in [0.2, 0.25) is 0 Å². The second-order valence-electron chi connectivity index (χ2n) is 7.75. The third-order valence-corrected chi connectivity index (χ3v) is 5.49. The molecular formula is C20H24N4O3. The molecule has 0 radical (unpaired) electrons. The van der Waals surface area contributed by atoms with Gasteiger partial charge in [-0.2, -0.15) is 5.10 Å². The molecular weight excluding hydrogens is 344 g/mol. The van der Waals surface area contributed by atoms with Crippen molar-refractivity contribution in [3.05, 3.63) is 41.7 Å². The average molecular weight is 368 g/mol. The number of ether oxygens (including phenoxy) is 2. The Kier molecular flexibility index (Phi) is 4.24. The highest BCUT2D eigenvalue weighted by Gasteiger charge is 2.30. The molecule has 1 saturated carbocycles. The van der Waals surface area contributed by atoms with Gasteiger partial charge < -0.3 is 14.8 Å². The van der Waals surface area contributed by atoms with Crippen LogP contribution in [-0.4, -0.2) is 40.5 Å². The summed E-state index contributed by atoms with van der Waals surface area (Å²) in [4.78, 5) is 14.5. The van der Waals surface area contributed by atoms with E-state index < -0.39 is 0 Å². The van der Waals surface area contributed by atoms with Crippen molar-refractivity contribution in [1.29, 1.82) is 0 Å². The van der Waals surface area contributed by atoms with Crippen LogP contribution in [-0.2, 0) is 24.4 Å². The van der Waals surface area contributed by atoms with E-state index in [1.807, 2.05) is 12.3 Å². The molecule has 7 nitrogen and oxygen atoms in total. The maximum absolute atomic E-state index is 12.0. The highest BCUT2D eigenvalue weighted by molar-refractivity contribution is 5.80. The van der Waals surface area contributed by atoms with Crippen molar-refractivity contribution in [2.45, 2.75) is 32.5 Å². The number of hydrogen-bond donors (Lipinski definition) is 1. The van der Waals surface area contributed by atoms with Crippen LogP contribution < -0.4 is 14.8 Å². The summed E-state index contributed by atoms with van der Waals surface area (Å²) in [7, 11) is 0. The minimum atomic E-state index is 0.210. The molecule has 3 heterocycles. The Hall–Kier alpha value is -2.54. The Labute approximate surface area is 158 Å². The molecule has 1 aliphatic carbocycles. The minimum absolute atomic E-state index is 0.210. The summed E-state index contributed by atoms with van der Waals surface area (Å²) >= 11 is 0. The summed E-state index contributed by atoms with van der Waals surface area (Å²) in [6.07, 6.45) is 3.94. The number of rotatable bonds is 5. The zero-order chi connectivity index (χ0) is 18.2. The highest BCUT2D eigenvalue weighted by atomic mass is 16.7. The third-order valence-electron chi connectivity index (χ3n) is 5.49. The van der Waals surface area contributed by atoms with E-state index in [0.717, 1.165) is 50.5 Å². The van der Waals surface area contributed by atoms with Crippen molar-refractivity contribution >= 4 is 5.91 Å². The first-order valence-electron chi connectivity index (χ1n) is 9.64. The Bertz CT molecular complexity index is 846. The van der Waals surface area contributed by atoms with Crippen LogP contribution >= 0.6 is 0 Å². The number of fused-ring (bicyclic) bond motifs is 2. The van der Waals surface area contributed by atoms with Gasteiger partial charge in [-0.15, -0.1) is 0 Å². The smallest absolute Gasteiger partial charge is 0.231 e. The Morgan fingerprint density at radius 1 is 1.19 bits per heavy atom. The topological polar surface area (TPSA) is 68.6 Å². The fourth-order valence-corrected chi connectivity index (χ4v) is 3.90. The lowest BCUT2D eigenvalue weighted by molar-refractivity contribution is -0.122. The molecule has 1 fully saturated rings. The normalized spacial score (nSPS) is 21.6. The summed E-state index contributed by atoms with van der Waals surface area (Å²) in [6.45, 7) is 4.43. The predicted octanol–water partition coefficient (Wildman–Crippen LogP) is 1.77. The SMILES string of the molecule is O=C(NC[C@H]1CN(Cc2ccc3c(c2)OCO3)Cc2ccnn2C1)C1CC1. The molecule has 5 rings (SSSR count). The lowest BCUT2D eigenvalue weighted by atomic mass is 10.1. The van der Waals surface area contributed by atoms with Crippen LogP contribution in [0.5, 0.6) is 11.5 Å². The van der Waals surface area contributed by atoms with Crippen molar-refractivity contribution in [3.8, 4) is 11.5 Å². The summed E-state index contributed by atoms with van der Waals surface area (Å²) in [5.41, 5.74) is 2.42. The average Bonchev–Trinajstić information content (AvgIpc) is 3.32. The van der Waals surface area contributed by atoms with Crippen LogP contribution in [0.1, 0.15) is 24.1 Å². The molecule has 0 saturated heterocycles. The summed E-state index contributed by atoms with van der Waals surface area (Å²) < 4.78 is 13.0. The molecule has 0 spiro atoms. The van der Waals surface area contributed by atoms with Gasteiger partial charge in [0, 0.05) is 50.8 Å². The summed E-state index contributed by atoms with van der Waals surface area (Å²) in [6, 6.07) is 8.22. The molecule has 1 N–H and O–H groups in total. The number of benzene rings is 1. The Balaban J connectivity index is 1.29. The maximum atomic E-state index is 12.0. The van der Waals surface area contributed by atoms with Crippen LogP contribution in [0.3, 0.4) is 0 Å². The molecule has 1 amide bonds. The van der Waals surface area contributed by atoms with Crippen molar-refractivity contribution < 1.29 is 14.3 Å². The van der Waals surface area contributed by atoms with E-state index in [9.17, 15) is 4.79 Å². The van der Waals surface area contributed by atoms with E-state index in [1.165, 1.54) is 11.3 Å². The quantitative estimate of drug-likeness (QED) is 0.871. The number of nitrogens with one attached hydrogen (secondary N) is 1.